The van der Waals surface area contributed by atoms with Crippen molar-refractivity contribution < 1.29 is 4.79 Å². The van der Waals surface area contributed by atoms with E-state index in [-0.39, 0.29) is 0 Å². The Balaban J connectivity index is 2.23. The summed E-state index contributed by atoms with van der Waals surface area (Å²) < 4.78 is 0. The first-order chi connectivity index (χ1) is 6.36. The Morgan fingerprint density at radius 1 is 1.23 bits per heavy atom. The van der Waals surface area contributed by atoms with Gasteiger partial charge in [-0.25, -0.2) is 0 Å². The number of carbonyl (C=O) groups excluding carboxylic acids is 1. The molecule has 0 spiro atoms. The predicted molar refractivity (Wildman–Crippen MR) is 48.9 cm³/mol. The van der Waals surface area contributed by atoms with Gasteiger partial charge in [-0.1, -0.05) is 6.08 Å². The fourth-order valence-corrected chi connectivity index (χ4v) is 1.41. The van der Waals surface area contributed by atoms with Crippen LogP contribution in [0.1, 0.15) is 25.0 Å². The van der Waals surface area contributed by atoms with Crippen molar-refractivity contribution in [2.45, 2.75) is 19.3 Å². The summed E-state index contributed by atoms with van der Waals surface area (Å²) >= 11 is 0. The van der Waals surface area contributed by atoms with Gasteiger partial charge in [0.15, 0.2) is 0 Å². The zero-order valence-electron chi connectivity index (χ0n) is 7.23. The summed E-state index contributed by atoms with van der Waals surface area (Å²) in [5.74, 6) is 0.313. The predicted octanol–water partition coefficient (Wildman–Crippen LogP) is 1.61. The molecule has 0 saturated carbocycles. The van der Waals surface area contributed by atoms with E-state index in [9.17, 15) is 4.79 Å². The molecule has 1 heterocycles. The number of allylic oxidation sites excluding steroid dienone is 2. The van der Waals surface area contributed by atoms with Crippen LogP contribution in [0.4, 0.5) is 0 Å². The van der Waals surface area contributed by atoms with Crippen molar-refractivity contribution in [1.29, 1.82) is 0 Å². The average molecular weight is 174 g/mol. The minimum atomic E-state index is 0.313. The molecule has 0 radical (unpaired) electrons. The molecule has 3 heteroatoms. The van der Waals surface area contributed by atoms with Crippen molar-refractivity contribution in [3.8, 4) is 0 Å². The lowest BCUT2D eigenvalue weighted by Crippen LogP contribution is -2.03. The molecular formula is C10H10N2O. The lowest BCUT2D eigenvalue weighted by atomic mass is 9.96. The molecule has 0 N–H and O–H groups in total. The first kappa shape index (κ1) is 8.10. The molecule has 13 heavy (non-hydrogen) atoms. The van der Waals surface area contributed by atoms with Gasteiger partial charge in [-0.15, -0.1) is 0 Å². The van der Waals surface area contributed by atoms with Crippen molar-refractivity contribution in [3.05, 3.63) is 30.4 Å². The van der Waals surface area contributed by atoms with E-state index in [4.69, 9.17) is 0 Å². The molecule has 3 nitrogen and oxygen atoms in total. The third-order valence-electron chi connectivity index (χ3n) is 2.14. The summed E-state index contributed by atoms with van der Waals surface area (Å²) in [5.41, 5.74) is 2.04. The highest BCUT2D eigenvalue weighted by molar-refractivity contribution is 5.86. The van der Waals surface area contributed by atoms with Crippen LogP contribution in [-0.2, 0) is 4.79 Å². The van der Waals surface area contributed by atoms with E-state index in [1.165, 1.54) is 0 Å². The van der Waals surface area contributed by atoms with Gasteiger partial charge in [-0.2, -0.15) is 0 Å². The molecular weight excluding hydrogens is 164 g/mol. The molecule has 0 atom stereocenters. The zero-order chi connectivity index (χ0) is 9.10. The summed E-state index contributed by atoms with van der Waals surface area (Å²) in [6, 6.07) is 0. The molecule has 0 fully saturated rings. The quantitative estimate of drug-likeness (QED) is 0.649. The number of hydrogen-bond donors (Lipinski definition) is 0. The molecule has 66 valence electrons. The van der Waals surface area contributed by atoms with Crippen LogP contribution < -0.4 is 0 Å². The van der Waals surface area contributed by atoms with Crippen LogP contribution in [0.15, 0.2) is 24.7 Å². The Hall–Kier alpha value is -1.51. The van der Waals surface area contributed by atoms with Crippen LogP contribution in [-0.4, -0.2) is 15.8 Å². The van der Waals surface area contributed by atoms with Crippen LogP contribution >= 0.6 is 0 Å². The van der Waals surface area contributed by atoms with E-state index in [2.05, 4.69) is 9.97 Å². The highest BCUT2D eigenvalue weighted by atomic mass is 16.1. The SMILES string of the molecule is O=C1CC=C(c2cnccn2)CC1. The van der Waals surface area contributed by atoms with Gasteiger partial charge in [0.2, 0.25) is 0 Å². The number of aromatic nitrogens is 2. The van der Waals surface area contributed by atoms with E-state index in [0.717, 1.165) is 17.7 Å². The summed E-state index contributed by atoms with van der Waals surface area (Å²) in [7, 11) is 0. The van der Waals surface area contributed by atoms with Gasteiger partial charge in [-0.05, 0) is 12.0 Å². The smallest absolute Gasteiger partial charge is 0.137 e. The Kier molecular flexibility index (Phi) is 2.17. The third-order valence-corrected chi connectivity index (χ3v) is 2.14. The Labute approximate surface area is 76.5 Å². The number of rotatable bonds is 1. The maximum Gasteiger partial charge on any atom is 0.137 e. The summed E-state index contributed by atoms with van der Waals surface area (Å²) in [6.45, 7) is 0. The fourth-order valence-electron chi connectivity index (χ4n) is 1.41. The second-order valence-electron chi connectivity index (χ2n) is 3.06. The molecule has 2 rings (SSSR count). The van der Waals surface area contributed by atoms with Crippen molar-refractivity contribution in [2.75, 3.05) is 0 Å². The number of nitrogens with zero attached hydrogens (tertiary/aromatic N) is 2. The first-order valence-corrected chi connectivity index (χ1v) is 4.33. The zero-order valence-corrected chi connectivity index (χ0v) is 7.23. The number of carbonyl (C=O) groups is 1. The largest absolute Gasteiger partial charge is 0.299 e. The number of Topliss-reactive ketones (excluding diaryl/α,β-unsaturated/α-hetero) is 1. The molecule has 1 aromatic heterocycles. The van der Waals surface area contributed by atoms with Crippen LogP contribution in [0.2, 0.25) is 0 Å². The molecule has 1 aliphatic carbocycles. The third kappa shape index (κ3) is 1.80. The van der Waals surface area contributed by atoms with Gasteiger partial charge in [0.05, 0.1) is 11.9 Å². The highest BCUT2D eigenvalue weighted by Gasteiger charge is 2.12. The summed E-state index contributed by atoms with van der Waals surface area (Å²) in [4.78, 5) is 19.1. The maximum absolute atomic E-state index is 11.0. The summed E-state index contributed by atoms with van der Waals surface area (Å²) in [5, 5.41) is 0. The second kappa shape index (κ2) is 3.47. The van der Waals surface area contributed by atoms with Gasteiger partial charge in [-0.3, -0.25) is 14.8 Å². The van der Waals surface area contributed by atoms with E-state index >= 15 is 0 Å². The monoisotopic (exact) mass is 174 g/mol. The Bertz CT molecular complexity index is 343. The highest BCUT2D eigenvalue weighted by Crippen LogP contribution is 2.22. The number of hydrogen-bond acceptors (Lipinski definition) is 3. The molecule has 1 aliphatic rings. The fraction of sp³-hybridized carbons (Fsp3) is 0.300. The van der Waals surface area contributed by atoms with Crippen LogP contribution in [0, 0.1) is 0 Å². The maximum atomic E-state index is 11.0. The van der Waals surface area contributed by atoms with Crippen molar-refractivity contribution >= 4 is 11.4 Å². The molecule has 0 aliphatic heterocycles. The van der Waals surface area contributed by atoms with E-state index in [1.54, 1.807) is 18.6 Å². The Morgan fingerprint density at radius 2 is 2.15 bits per heavy atom. The van der Waals surface area contributed by atoms with E-state index in [1.807, 2.05) is 6.08 Å². The van der Waals surface area contributed by atoms with Gasteiger partial charge in [0.25, 0.3) is 0 Å². The lowest BCUT2D eigenvalue weighted by molar-refractivity contribution is -0.118. The van der Waals surface area contributed by atoms with Gasteiger partial charge in [0, 0.05) is 25.2 Å². The van der Waals surface area contributed by atoms with Crippen molar-refractivity contribution in [3.63, 3.8) is 0 Å². The lowest BCUT2D eigenvalue weighted by Gasteiger charge is -2.10. The van der Waals surface area contributed by atoms with Crippen LogP contribution in [0.5, 0.6) is 0 Å². The minimum absolute atomic E-state index is 0.313. The normalized spacial score (nSPS) is 16.9. The van der Waals surface area contributed by atoms with E-state index in [0.29, 0.717) is 18.6 Å². The van der Waals surface area contributed by atoms with Crippen molar-refractivity contribution in [2.24, 2.45) is 0 Å². The molecule has 0 unspecified atom stereocenters. The molecule has 0 aromatic carbocycles. The topological polar surface area (TPSA) is 42.9 Å². The Morgan fingerprint density at radius 3 is 2.77 bits per heavy atom. The molecule has 0 bridgehead atoms. The molecule has 0 amide bonds. The summed E-state index contributed by atoms with van der Waals surface area (Å²) in [6.07, 6.45) is 9.01. The number of ketones is 1. The standard InChI is InChI=1S/C10H10N2O/c13-9-3-1-8(2-4-9)10-7-11-5-6-12-10/h1,5-7H,2-4H2. The van der Waals surface area contributed by atoms with E-state index < -0.39 is 0 Å². The first-order valence-electron chi connectivity index (χ1n) is 4.33. The van der Waals surface area contributed by atoms with Gasteiger partial charge in [0.1, 0.15) is 5.78 Å². The van der Waals surface area contributed by atoms with Gasteiger partial charge >= 0.3 is 0 Å². The van der Waals surface area contributed by atoms with Crippen LogP contribution in [0.3, 0.4) is 0 Å². The van der Waals surface area contributed by atoms with Gasteiger partial charge < -0.3 is 0 Å². The molecule has 0 saturated heterocycles. The second-order valence-corrected chi connectivity index (χ2v) is 3.06. The van der Waals surface area contributed by atoms with Crippen LogP contribution in [0.25, 0.3) is 5.57 Å². The minimum Gasteiger partial charge on any atom is -0.299 e. The average Bonchev–Trinajstić information content (AvgIpc) is 2.20. The molecule has 1 aromatic rings. The van der Waals surface area contributed by atoms with Crippen molar-refractivity contribution in [1.82, 2.24) is 9.97 Å².